The van der Waals surface area contributed by atoms with Crippen molar-refractivity contribution in [1.29, 1.82) is 0 Å². The van der Waals surface area contributed by atoms with Gasteiger partial charge in [-0.25, -0.2) is 0 Å². The second-order valence-corrected chi connectivity index (χ2v) is 12.5. The Balaban J connectivity index is 2.24. The van der Waals surface area contributed by atoms with Gasteiger partial charge in [-0.3, -0.25) is 0 Å². The SMILES string of the molecule is Cl[Si](Cl)(Cl)CC1CCCCC1. The van der Waals surface area contributed by atoms with Crippen LogP contribution >= 0.6 is 33.2 Å². The number of hydrogen-bond donors (Lipinski definition) is 0. The van der Waals surface area contributed by atoms with Gasteiger partial charge in [0.25, 0.3) is 0 Å². The van der Waals surface area contributed by atoms with E-state index in [9.17, 15) is 0 Å². The van der Waals surface area contributed by atoms with Crippen LogP contribution in [0.5, 0.6) is 0 Å². The van der Waals surface area contributed by atoms with Gasteiger partial charge < -0.3 is 0 Å². The van der Waals surface area contributed by atoms with Gasteiger partial charge in [0.15, 0.2) is 0 Å². The number of rotatable bonds is 2. The summed E-state index contributed by atoms with van der Waals surface area (Å²) in [6, 6.07) is -1.46. The second kappa shape index (κ2) is 4.36. The Bertz CT molecular complexity index is 115. The van der Waals surface area contributed by atoms with Gasteiger partial charge in [0.2, 0.25) is 0 Å². The van der Waals surface area contributed by atoms with Crippen LogP contribution in [0.3, 0.4) is 0 Å². The molecule has 0 unspecified atom stereocenters. The zero-order valence-electron chi connectivity index (χ0n) is 6.45. The molecule has 0 aromatic carbocycles. The summed E-state index contributed by atoms with van der Waals surface area (Å²) in [5, 5.41) is 0. The Morgan fingerprint density at radius 3 is 2.00 bits per heavy atom. The largest absolute Gasteiger partial charge is 0.341 e. The lowest BCUT2D eigenvalue weighted by Gasteiger charge is -2.23. The molecule has 11 heavy (non-hydrogen) atoms. The summed E-state index contributed by atoms with van der Waals surface area (Å²) in [4.78, 5) is 0. The summed E-state index contributed by atoms with van der Waals surface area (Å²) < 4.78 is 0. The van der Waals surface area contributed by atoms with E-state index in [4.69, 9.17) is 33.2 Å². The molecule has 1 aliphatic carbocycles. The van der Waals surface area contributed by atoms with E-state index in [-0.39, 0.29) is 0 Å². The summed E-state index contributed by atoms with van der Waals surface area (Å²) in [6.45, 7) is 0. The maximum Gasteiger partial charge on any atom is 0.341 e. The highest BCUT2D eigenvalue weighted by Crippen LogP contribution is 2.36. The first-order valence-corrected chi connectivity index (χ1v) is 9.39. The Morgan fingerprint density at radius 2 is 1.55 bits per heavy atom. The van der Waals surface area contributed by atoms with E-state index < -0.39 is 6.00 Å². The van der Waals surface area contributed by atoms with Crippen LogP contribution < -0.4 is 0 Å². The van der Waals surface area contributed by atoms with Crippen molar-refractivity contribution in [3.8, 4) is 0 Å². The second-order valence-electron chi connectivity index (χ2n) is 3.32. The molecule has 4 heteroatoms. The molecule has 0 saturated heterocycles. The van der Waals surface area contributed by atoms with Gasteiger partial charge in [-0.15, -0.1) is 33.2 Å². The molecule has 0 heterocycles. The normalized spacial score (nSPS) is 22.1. The predicted molar refractivity (Wildman–Crippen MR) is 54.7 cm³/mol. The van der Waals surface area contributed by atoms with Crippen molar-refractivity contribution in [2.75, 3.05) is 0 Å². The standard InChI is InChI=1S/C7H13Cl3Si/c8-11(9,10)6-7-4-2-1-3-5-7/h7H,1-6H2. The van der Waals surface area contributed by atoms with Crippen LogP contribution in [0.4, 0.5) is 0 Å². The first-order chi connectivity index (χ1) is 5.08. The van der Waals surface area contributed by atoms with Crippen LogP contribution in [-0.2, 0) is 0 Å². The van der Waals surface area contributed by atoms with Gasteiger partial charge in [-0.2, -0.15) is 0 Å². The van der Waals surface area contributed by atoms with E-state index in [0.29, 0.717) is 5.92 Å². The lowest BCUT2D eigenvalue weighted by molar-refractivity contribution is 0.384. The molecule has 0 N–H and O–H groups in total. The van der Waals surface area contributed by atoms with Gasteiger partial charge in [0.05, 0.1) is 0 Å². The average molecular weight is 232 g/mol. The van der Waals surface area contributed by atoms with E-state index in [1.54, 1.807) is 0 Å². The molecular weight excluding hydrogens is 219 g/mol. The Labute approximate surface area is 83.3 Å². The minimum absolute atomic E-state index is 0.711. The predicted octanol–water partition coefficient (Wildman–Crippen LogP) is 4.22. The van der Waals surface area contributed by atoms with Crippen molar-refractivity contribution in [3.63, 3.8) is 0 Å². The molecule has 0 aliphatic heterocycles. The molecule has 66 valence electrons. The highest BCUT2D eigenvalue weighted by molar-refractivity contribution is 7.64. The molecule has 1 saturated carbocycles. The lowest BCUT2D eigenvalue weighted by atomic mass is 9.91. The summed E-state index contributed by atoms with van der Waals surface area (Å²) >= 11 is 17.5. The van der Waals surface area contributed by atoms with Crippen molar-refractivity contribution in [2.45, 2.75) is 38.1 Å². The van der Waals surface area contributed by atoms with E-state index in [1.165, 1.54) is 32.1 Å². The minimum atomic E-state index is -2.33. The van der Waals surface area contributed by atoms with Crippen molar-refractivity contribution in [3.05, 3.63) is 0 Å². The van der Waals surface area contributed by atoms with E-state index in [1.807, 2.05) is 0 Å². The highest BCUT2D eigenvalue weighted by atomic mass is 35.8. The molecule has 0 bridgehead atoms. The fourth-order valence-electron chi connectivity index (χ4n) is 1.72. The number of hydrogen-bond acceptors (Lipinski definition) is 0. The van der Waals surface area contributed by atoms with Crippen LogP contribution in [0, 0.1) is 5.92 Å². The Kier molecular flexibility index (Phi) is 4.03. The third kappa shape index (κ3) is 4.61. The van der Waals surface area contributed by atoms with Gasteiger partial charge in [-0.1, -0.05) is 32.1 Å². The summed E-state index contributed by atoms with van der Waals surface area (Å²) in [6.07, 6.45) is 6.60. The zero-order chi connectivity index (χ0) is 8.32. The third-order valence-electron chi connectivity index (χ3n) is 2.24. The Hall–Kier alpha value is 1.09. The smallest absolute Gasteiger partial charge is 0.126 e. The first kappa shape index (κ1) is 10.2. The molecule has 0 atom stereocenters. The van der Waals surface area contributed by atoms with Crippen LogP contribution in [0.15, 0.2) is 0 Å². The van der Waals surface area contributed by atoms with Crippen LogP contribution in [-0.4, -0.2) is 6.00 Å². The molecule has 0 spiro atoms. The van der Waals surface area contributed by atoms with Crippen LogP contribution in [0.1, 0.15) is 32.1 Å². The minimum Gasteiger partial charge on any atom is -0.126 e. The lowest BCUT2D eigenvalue weighted by Crippen LogP contribution is -2.17. The summed E-state index contributed by atoms with van der Waals surface area (Å²) in [7, 11) is 0. The fourth-order valence-corrected chi connectivity index (χ4v) is 4.75. The van der Waals surface area contributed by atoms with Gasteiger partial charge in [0.1, 0.15) is 0 Å². The van der Waals surface area contributed by atoms with Gasteiger partial charge in [-0.05, 0) is 12.0 Å². The van der Waals surface area contributed by atoms with Crippen LogP contribution in [0.25, 0.3) is 0 Å². The quantitative estimate of drug-likeness (QED) is 0.493. The molecule has 0 aromatic rings. The molecule has 0 radical (unpaired) electrons. The average Bonchev–Trinajstić information content (AvgIpc) is 1.85. The molecular formula is C7H13Cl3Si. The monoisotopic (exact) mass is 230 g/mol. The summed E-state index contributed by atoms with van der Waals surface area (Å²) in [5.74, 6) is 0.711. The highest BCUT2D eigenvalue weighted by Gasteiger charge is 2.29. The van der Waals surface area contributed by atoms with E-state index in [0.717, 1.165) is 6.04 Å². The van der Waals surface area contributed by atoms with Crippen LogP contribution in [0.2, 0.25) is 6.04 Å². The maximum absolute atomic E-state index is 5.84. The zero-order valence-corrected chi connectivity index (χ0v) is 9.72. The maximum atomic E-state index is 5.84. The van der Waals surface area contributed by atoms with Gasteiger partial charge in [0, 0.05) is 0 Å². The molecule has 1 fully saturated rings. The molecule has 0 nitrogen and oxygen atoms in total. The summed E-state index contributed by atoms with van der Waals surface area (Å²) in [5.41, 5.74) is 0. The first-order valence-electron chi connectivity index (χ1n) is 4.15. The molecule has 1 rings (SSSR count). The van der Waals surface area contributed by atoms with E-state index >= 15 is 0 Å². The van der Waals surface area contributed by atoms with E-state index in [2.05, 4.69) is 0 Å². The van der Waals surface area contributed by atoms with Gasteiger partial charge >= 0.3 is 6.00 Å². The van der Waals surface area contributed by atoms with Crippen molar-refractivity contribution >= 4 is 39.2 Å². The van der Waals surface area contributed by atoms with Crippen molar-refractivity contribution in [2.24, 2.45) is 5.92 Å². The molecule has 1 aliphatic rings. The van der Waals surface area contributed by atoms with Crippen molar-refractivity contribution in [1.82, 2.24) is 0 Å². The topological polar surface area (TPSA) is 0 Å². The van der Waals surface area contributed by atoms with Crippen molar-refractivity contribution < 1.29 is 0 Å². The fraction of sp³-hybridized carbons (Fsp3) is 1.00. The third-order valence-corrected chi connectivity index (χ3v) is 4.67. The molecule has 0 aromatic heterocycles. The Morgan fingerprint density at radius 1 is 1.00 bits per heavy atom. The number of halogens is 3. The molecule has 0 amide bonds.